The van der Waals surface area contributed by atoms with Gasteiger partial charge in [-0.05, 0) is 30.5 Å². The van der Waals surface area contributed by atoms with E-state index >= 15 is 0 Å². The van der Waals surface area contributed by atoms with Crippen molar-refractivity contribution in [3.8, 4) is 11.4 Å². The second kappa shape index (κ2) is 10.3. The first-order chi connectivity index (χ1) is 14.2. The molecule has 2 aromatic heterocycles. The van der Waals surface area contributed by atoms with Crippen molar-refractivity contribution in [2.75, 3.05) is 18.4 Å². The van der Waals surface area contributed by atoms with Crippen molar-refractivity contribution in [1.82, 2.24) is 19.9 Å². The Morgan fingerprint density at radius 3 is 2.31 bits per heavy atom. The normalized spacial score (nSPS) is 10.6. The van der Waals surface area contributed by atoms with Crippen molar-refractivity contribution in [2.24, 2.45) is 0 Å². The van der Waals surface area contributed by atoms with Crippen LogP contribution in [0.4, 0.5) is 5.82 Å². The predicted molar refractivity (Wildman–Crippen MR) is 116 cm³/mol. The molecule has 6 heteroatoms. The Balaban J connectivity index is 1.93. The van der Waals surface area contributed by atoms with Crippen LogP contribution in [-0.2, 0) is 6.54 Å². The second-order valence-corrected chi connectivity index (χ2v) is 6.83. The van der Waals surface area contributed by atoms with Crippen LogP contribution >= 0.6 is 0 Å². The van der Waals surface area contributed by atoms with Crippen LogP contribution in [0.2, 0.25) is 0 Å². The number of nitrogens with one attached hydrogen (secondary N) is 1. The molecule has 0 saturated carbocycles. The van der Waals surface area contributed by atoms with E-state index in [1.165, 1.54) is 0 Å². The second-order valence-electron chi connectivity index (χ2n) is 6.83. The molecule has 2 heterocycles. The van der Waals surface area contributed by atoms with Crippen LogP contribution in [0.15, 0.2) is 60.9 Å². The van der Waals surface area contributed by atoms with Crippen molar-refractivity contribution in [3.63, 3.8) is 0 Å². The van der Waals surface area contributed by atoms with E-state index < -0.39 is 0 Å². The number of aromatic nitrogens is 3. The summed E-state index contributed by atoms with van der Waals surface area (Å²) < 4.78 is 0. The Labute approximate surface area is 172 Å². The van der Waals surface area contributed by atoms with Crippen LogP contribution in [0, 0.1) is 0 Å². The molecule has 1 amide bonds. The number of rotatable bonds is 9. The van der Waals surface area contributed by atoms with Gasteiger partial charge in [-0.15, -0.1) is 0 Å². The van der Waals surface area contributed by atoms with Crippen molar-refractivity contribution < 1.29 is 4.79 Å². The van der Waals surface area contributed by atoms with Gasteiger partial charge in [-0.1, -0.05) is 44.2 Å². The quantitative estimate of drug-likeness (QED) is 0.587. The molecule has 1 N–H and O–H groups in total. The molecule has 0 aliphatic carbocycles. The maximum Gasteiger partial charge on any atom is 0.272 e. The van der Waals surface area contributed by atoms with Gasteiger partial charge < -0.3 is 10.2 Å². The number of carbonyl (C=O) groups excluding carboxylic acids is 1. The third-order valence-electron chi connectivity index (χ3n) is 4.47. The van der Waals surface area contributed by atoms with Gasteiger partial charge in [0.05, 0.1) is 0 Å². The first-order valence-corrected chi connectivity index (χ1v) is 10.1. The SMILES string of the molecule is CCCN(CCC)C(=O)c1cc(NCc2ccncc2)nc(-c2ccccc2)n1. The molecule has 0 spiro atoms. The number of amides is 1. The van der Waals surface area contributed by atoms with Crippen molar-refractivity contribution >= 4 is 11.7 Å². The molecule has 6 nitrogen and oxygen atoms in total. The lowest BCUT2D eigenvalue weighted by atomic mass is 10.2. The lowest BCUT2D eigenvalue weighted by molar-refractivity contribution is 0.0749. The van der Waals surface area contributed by atoms with E-state index in [2.05, 4.69) is 34.1 Å². The summed E-state index contributed by atoms with van der Waals surface area (Å²) >= 11 is 0. The summed E-state index contributed by atoms with van der Waals surface area (Å²) in [5.74, 6) is 1.12. The van der Waals surface area contributed by atoms with Gasteiger partial charge in [-0.2, -0.15) is 0 Å². The lowest BCUT2D eigenvalue weighted by Crippen LogP contribution is -2.33. The van der Waals surface area contributed by atoms with E-state index in [9.17, 15) is 4.79 Å². The van der Waals surface area contributed by atoms with Gasteiger partial charge in [0, 0.05) is 43.7 Å². The van der Waals surface area contributed by atoms with Crippen LogP contribution in [0.5, 0.6) is 0 Å². The highest BCUT2D eigenvalue weighted by Gasteiger charge is 2.18. The Morgan fingerprint density at radius 1 is 0.966 bits per heavy atom. The average molecular weight is 390 g/mol. The molecule has 29 heavy (non-hydrogen) atoms. The fourth-order valence-corrected chi connectivity index (χ4v) is 3.07. The Bertz CT molecular complexity index is 909. The fourth-order valence-electron chi connectivity index (χ4n) is 3.07. The van der Waals surface area contributed by atoms with Gasteiger partial charge in [-0.3, -0.25) is 9.78 Å². The van der Waals surface area contributed by atoms with Gasteiger partial charge in [0.15, 0.2) is 5.82 Å². The minimum absolute atomic E-state index is 0.0553. The monoisotopic (exact) mass is 389 g/mol. The molecule has 3 aromatic rings. The zero-order valence-corrected chi connectivity index (χ0v) is 17.0. The van der Waals surface area contributed by atoms with E-state index in [1.807, 2.05) is 47.4 Å². The number of nitrogens with zero attached hydrogens (tertiary/aromatic N) is 4. The van der Waals surface area contributed by atoms with E-state index in [0.717, 1.165) is 37.1 Å². The lowest BCUT2D eigenvalue weighted by Gasteiger charge is -2.21. The molecule has 0 radical (unpaired) electrons. The first-order valence-electron chi connectivity index (χ1n) is 10.1. The molecule has 3 rings (SSSR count). The summed E-state index contributed by atoms with van der Waals surface area (Å²) in [5, 5.41) is 3.32. The molecule has 0 atom stereocenters. The van der Waals surface area contributed by atoms with Crippen LogP contribution in [0.3, 0.4) is 0 Å². The Hall–Kier alpha value is -3.28. The Kier molecular flexibility index (Phi) is 7.28. The third-order valence-corrected chi connectivity index (χ3v) is 4.47. The molecule has 1 aromatic carbocycles. The van der Waals surface area contributed by atoms with Crippen LogP contribution in [0.25, 0.3) is 11.4 Å². The molecule has 0 unspecified atom stereocenters. The molecule has 150 valence electrons. The number of hydrogen-bond acceptors (Lipinski definition) is 5. The molecule has 0 bridgehead atoms. The first kappa shape index (κ1) is 20.5. The van der Waals surface area contributed by atoms with E-state index in [-0.39, 0.29) is 5.91 Å². The van der Waals surface area contributed by atoms with Crippen LogP contribution < -0.4 is 5.32 Å². The fraction of sp³-hybridized carbons (Fsp3) is 0.304. The van der Waals surface area contributed by atoms with Gasteiger partial charge >= 0.3 is 0 Å². The average Bonchev–Trinajstić information content (AvgIpc) is 2.78. The van der Waals surface area contributed by atoms with Crippen molar-refractivity contribution in [3.05, 3.63) is 72.2 Å². The maximum absolute atomic E-state index is 13.1. The van der Waals surface area contributed by atoms with Crippen molar-refractivity contribution in [1.29, 1.82) is 0 Å². The molecular formula is C23H27N5O. The Morgan fingerprint density at radius 2 is 1.66 bits per heavy atom. The van der Waals surface area contributed by atoms with E-state index in [1.54, 1.807) is 18.5 Å². The van der Waals surface area contributed by atoms with Gasteiger partial charge in [0.25, 0.3) is 5.91 Å². The van der Waals surface area contributed by atoms with Gasteiger partial charge in [-0.25, -0.2) is 9.97 Å². The van der Waals surface area contributed by atoms with Crippen LogP contribution in [-0.4, -0.2) is 38.8 Å². The minimum atomic E-state index is -0.0553. The standard InChI is InChI=1S/C23H27N5O/c1-3-14-28(15-4-2)23(29)20-16-21(25-17-18-10-12-24-13-11-18)27-22(26-20)19-8-6-5-7-9-19/h5-13,16H,3-4,14-15,17H2,1-2H3,(H,25,26,27). The summed E-state index contributed by atoms with van der Waals surface area (Å²) in [6.07, 6.45) is 5.34. The van der Waals surface area contributed by atoms with E-state index in [0.29, 0.717) is 23.9 Å². The number of anilines is 1. The number of pyridine rings is 1. The maximum atomic E-state index is 13.1. The highest BCUT2D eigenvalue weighted by Crippen LogP contribution is 2.19. The predicted octanol–water partition coefficient (Wildman–Crippen LogP) is 4.41. The summed E-state index contributed by atoms with van der Waals surface area (Å²) in [6.45, 7) is 6.18. The minimum Gasteiger partial charge on any atom is -0.366 e. The highest BCUT2D eigenvalue weighted by molar-refractivity contribution is 5.93. The number of carbonyl (C=O) groups is 1. The molecule has 0 saturated heterocycles. The molecular weight excluding hydrogens is 362 g/mol. The third kappa shape index (κ3) is 5.60. The smallest absolute Gasteiger partial charge is 0.272 e. The molecule has 0 aliphatic heterocycles. The summed E-state index contributed by atoms with van der Waals surface area (Å²) in [6, 6.07) is 15.4. The van der Waals surface area contributed by atoms with E-state index in [4.69, 9.17) is 0 Å². The number of benzene rings is 1. The summed E-state index contributed by atoms with van der Waals surface area (Å²) in [7, 11) is 0. The topological polar surface area (TPSA) is 71.0 Å². The van der Waals surface area contributed by atoms with Crippen LogP contribution in [0.1, 0.15) is 42.7 Å². The summed E-state index contributed by atoms with van der Waals surface area (Å²) in [5.41, 5.74) is 2.39. The molecule has 0 fully saturated rings. The molecule has 0 aliphatic rings. The largest absolute Gasteiger partial charge is 0.366 e. The van der Waals surface area contributed by atoms with Crippen molar-refractivity contribution in [2.45, 2.75) is 33.2 Å². The zero-order valence-electron chi connectivity index (χ0n) is 17.0. The zero-order chi connectivity index (χ0) is 20.5. The summed E-state index contributed by atoms with van der Waals surface area (Å²) in [4.78, 5) is 28.3. The number of hydrogen-bond donors (Lipinski definition) is 1. The van der Waals surface area contributed by atoms with Gasteiger partial charge in [0.2, 0.25) is 0 Å². The highest BCUT2D eigenvalue weighted by atomic mass is 16.2. The van der Waals surface area contributed by atoms with Gasteiger partial charge in [0.1, 0.15) is 11.5 Å².